The van der Waals surface area contributed by atoms with Crippen molar-refractivity contribution in [2.75, 3.05) is 13.1 Å². The van der Waals surface area contributed by atoms with Gasteiger partial charge in [0.1, 0.15) is 11.9 Å². The van der Waals surface area contributed by atoms with E-state index in [2.05, 4.69) is 0 Å². The van der Waals surface area contributed by atoms with Gasteiger partial charge in [-0.2, -0.15) is 0 Å². The monoisotopic (exact) mass is 301 g/mol. The Morgan fingerprint density at radius 1 is 1.19 bits per heavy atom. The van der Waals surface area contributed by atoms with E-state index in [1.54, 1.807) is 17.0 Å². The lowest BCUT2D eigenvalue weighted by Gasteiger charge is -2.39. The molecule has 2 aromatic rings. The number of benzene rings is 2. The van der Waals surface area contributed by atoms with Crippen LogP contribution in [0.15, 0.2) is 48.5 Å². The number of amides is 1. The third-order valence-electron chi connectivity index (χ3n) is 3.53. The first-order valence-electron chi connectivity index (χ1n) is 6.90. The van der Waals surface area contributed by atoms with Crippen LogP contribution in [0.2, 0.25) is 5.02 Å². The molecular formula is C17H16ClNO2. The first kappa shape index (κ1) is 14.0. The van der Waals surface area contributed by atoms with Crippen LogP contribution in [0.25, 0.3) is 0 Å². The Hall–Kier alpha value is -2.00. The maximum Gasteiger partial charge on any atom is 0.255 e. The SMILES string of the molecule is Cc1cccc(OC2CN(C(=O)c3ccccc3Cl)C2)c1. The molecule has 21 heavy (non-hydrogen) atoms. The molecule has 2 aromatic carbocycles. The van der Waals surface area contributed by atoms with Gasteiger partial charge < -0.3 is 9.64 Å². The lowest BCUT2D eigenvalue weighted by Crippen LogP contribution is -2.56. The van der Waals surface area contributed by atoms with E-state index in [-0.39, 0.29) is 12.0 Å². The maximum absolute atomic E-state index is 12.3. The van der Waals surface area contributed by atoms with Crippen LogP contribution in [-0.2, 0) is 0 Å². The fourth-order valence-corrected chi connectivity index (χ4v) is 2.58. The zero-order chi connectivity index (χ0) is 14.8. The average molecular weight is 302 g/mol. The van der Waals surface area contributed by atoms with Gasteiger partial charge in [0.05, 0.1) is 23.7 Å². The Kier molecular flexibility index (Phi) is 3.84. The lowest BCUT2D eigenvalue weighted by molar-refractivity contribution is 0.0178. The van der Waals surface area contributed by atoms with Crippen LogP contribution in [0, 0.1) is 6.92 Å². The largest absolute Gasteiger partial charge is 0.487 e. The minimum atomic E-state index is -0.0373. The second-order valence-electron chi connectivity index (χ2n) is 5.25. The molecule has 0 atom stereocenters. The summed E-state index contributed by atoms with van der Waals surface area (Å²) in [6, 6.07) is 15.0. The van der Waals surface area contributed by atoms with Crippen molar-refractivity contribution in [3.8, 4) is 5.75 Å². The van der Waals surface area contributed by atoms with Crippen molar-refractivity contribution in [3.05, 3.63) is 64.7 Å². The van der Waals surface area contributed by atoms with Crippen molar-refractivity contribution in [3.63, 3.8) is 0 Å². The van der Waals surface area contributed by atoms with Crippen molar-refractivity contribution >= 4 is 17.5 Å². The quantitative estimate of drug-likeness (QED) is 0.867. The van der Waals surface area contributed by atoms with E-state index in [4.69, 9.17) is 16.3 Å². The third-order valence-corrected chi connectivity index (χ3v) is 3.86. The molecular weight excluding hydrogens is 286 g/mol. The number of hydrogen-bond acceptors (Lipinski definition) is 2. The Balaban J connectivity index is 1.59. The minimum absolute atomic E-state index is 0.0373. The molecule has 0 bridgehead atoms. The van der Waals surface area contributed by atoms with E-state index in [0.717, 1.165) is 11.3 Å². The summed E-state index contributed by atoms with van der Waals surface area (Å²) in [5.74, 6) is 0.814. The molecule has 0 aromatic heterocycles. The molecule has 0 radical (unpaired) electrons. The van der Waals surface area contributed by atoms with Crippen molar-refractivity contribution in [1.29, 1.82) is 0 Å². The number of aryl methyl sites for hydroxylation is 1. The highest BCUT2D eigenvalue weighted by molar-refractivity contribution is 6.33. The average Bonchev–Trinajstić information content (AvgIpc) is 2.42. The van der Waals surface area contributed by atoms with Crippen molar-refractivity contribution in [2.45, 2.75) is 13.0 Å². The molecule has 1 aliphatic heterocycles. The molecule has 3 rings (SSSR count). The summed E-state index contributed by atoms with van der Waals surface area (Å²) < 4.78 is 5.85. The summed E-state index contributed by atoms with van der Waals surface area (Å²) in [6.45, 7) is 3.22. The molecule has 0 unspecified atom stereocenters. The zero-order valence-electron chi connectivity index (χ0n) is 11.8. The molecule has 1 heterocycles. The number of ether oxygens (including phenoxy) is 1. The van der Waals surface area contributed by atoms with Crippen molar-refractivity contribution in [1.82, 2.24) is 4.90 Å². The third kappa shape index (κ3) is 3.03. The predicted molar refractivity (Wildman–Crippen MR) is 83.0 cm³/mol. The first-order valence-corrected chi connectivity index (χ1v) is 7.28. The smallest absolute Gasteiger partial charge is 0.255 e. The highest BCUT2D eigenvalue weighted by Crippen LogP contribution is 2.23. The van der Waals surface area contributed by atoms with E-state index < -0.39 is 0 Å². The zero-order valence-corrected chi connectivity index (χ0v) is 12.5. The topological polar surface area (TPSA) is 29.5 Å². The Morgan fingerprint density at radius 3 is 2.67 bits per heavy atom. The number of nitrogens with zero attached hydrogens (tertiary/aromatic N) is 1. The number of halogens is 1. The van der Waals surface area contributed by atoms with Gasteiger partial charge in [-0.25, -0.2) is 0 Å². The summed E-state index contributed by atoms with van der Waals surface area (Å²) >= 11 is 6.05. The van der Waals surface area contributed by atoms with E-state index in [0.29, 0.717) is 23.7 Å². The second-order valence-corrected chi connectivity index (χ2v) is 5.65. The highest BCUT2D eigenvalue weighted by atomic mass is 35.5. The Labute approximate surface area is 129 Å². The molecule has 0 aliphatic carbocycles. The lowest BCUT2D eigenvalue weighted by atomic mass is 10.1. The predicted octanol–water partition coefficient (Wildman–Crippen LogP) is 3.55. The van der Waals surface area contributed by atoms with Gasteiger partial charge in [0.25, 0.3) is 5.91 Å². The van der Waals surface area contributed by atoms with Gasteiger partial charge in [0.15, 0.2) is 0 Å². The van der Waals surface area contributed by atoms with Gasteiger partial charge in [-0.05, 0) is 36.8 Å². The molecule has 0 spiro atoms. The highest BCUT2D eigenvalue weighted by Gasteiger charge is 2.33. The summed E-state index contributed by atoms with van der Waals surface area (Å²) in [5.41, 5.74) is 1.71. The fourth-order valence-electron chi connectivity index (χ4n) is 2.36. The Morgan fingerprint density at radius 2 is 1.95 bits per heavy atom. The van der Waals surface area contributed by atoms with Gasteiger partial charge >= 0.3 is 0 Å². The molecule has 1 saturated heterocycles. The molecule has 0 saturated carbocycles. The number of rotatable bonds is 3. The van der Waals surface area contributed by atoms with Crippen LogP contribution in [0.3, 0.4) is 0 Å². The second kappa shape index (κ2) is 5.78. The number of likely N-dealkylation sites (tertiary alicyclic amines) is 1. The number of carbonyl (C=O) groups is 1. The van der Waals surface area contributed by atoms with E-state index in [1.807, 2.05) is 43.3 Å². The van der Waals surface area contributed by atoms with E-state index >= 15 is 0 Å². The van der Waals surface area contributed by atoms with Crippen molar-refractivity contribution < 1.29 is 9.53 Å². The molecule has 1 aliphatic rings. The molecule has 108 valence electrons. The number of hydrogen-bond donors (Lipinski definition) is 0. The standard InChI is InChI=1S/C17H16ClNO2/c1-12-5-4-6-13(9-12)21-14-10-19(11-14)17(20)15-7-2-3-8-16(15)18/h2-9,14H,10-11H2,1H3. The maximum atomic E-state index is 12.3. The summed E-state index contributed by atoms with van der Waals surface area (Å²) in [6.07, 6.45) is 0.0539. The minimum Gasteiger partial charge on any atom is -0.487 e. The van der Waals surface area contributed by atoms with Crippen LogP contribution in [-0.4, -0.2) is 30.0 Å². The van der Waals surface area contributed by atoms with Gasteiger partial charge in [0, 0.05) is 0 Å². The van der Waals surface area contributed by atoms with Crippen LogP contribution in [0.1, 0.15) is 15.9 Å². The van der Waals surface area contributed by atoms with Gasteiger partial charge in [0.2, 0.25) is 0 Å². The van der Waals surface area contributed by atoms with E-state index in [1.165, 1.54) is 0 Å². The first-order chi connectivity index (χ1) is 10.1. The van der Waals surface area contributed by atoms with Crippen LogP contribution < -0.4 is 4.74 Å². The molecule has 0 N–H and O–H groups in total. The van der Waals surface area contributed by atoms with Gasteiger partial charge in [-0.1, -0.05) is 35.9 Å². The van der Waals surface area contributed by atoms with Crippen LogP contribution in [0.4, 0.5) is 0 Å². The van der Waals surface area contributed by atoms with Crippen LogP contribution in [0.5, 0.6) is 5.75 Å². The fraction of sp³-hybridized carbons (Fsp3) is 0.235. The van der Waals surface area contributed by atoms with Gasteiger partial charge in [-0.15, -0.1) is 0 Å². The molecule has 4 heteroatoms. The summed E-state index contributed by atoms with van der Waals surface area (Å²) in [7, 11) is 0. The van der Waals surface area contributed by atoms with E-state index in [9.17, 15) is 4.79 Å². The normalized spacial score (nSPS) is 14.7. The summed E-state index contributed by atoms with van der Waals surface area (Å²) in [4.78, 5) is 14.0. The molecule has 1 fully saturated rings. The van der Waals surface area contributed by atoms with Crippen molar-refractivity contribution in [2.24, 2.45) is 0 Å². The van der Waals surface area contributed by atoms with Gasteiger partial charge in [-0.3, -0.25) is 4.79 Å². The molecule has 3 nitrogen and oxygen atoms in total. The number of carbonyl (C=O) groups excluding carboxylic acids is 1. The summed E-state index contributed by atoms with van der Waals surface area (Å²) in [5, 5.41) is 0.491. The molecule has 1 amide bonds. The van der Waals surface area contributed by atoms with Crippen LogP contribution >= 0.6 is 11.6 Å². The Bertz CT molecular complexity index is 665.